The molecule has 1 aromatic heterocycles. The second kappa shape index (κ2) is 7.11. The molecule has 1 aromatic rings. The minimum atomic E-state index is -0.151. The lowest BCUT2D eigenvalue weighted by atomic mass is 9.93. The van der Waals surface area contributed by atoms with Gasteiger partial charge in [0, 0.05) is 12.1 Å². The predicted octanol–water partition coefficient (Wildman–Crippen LogP) is 1.83. The van der Waals surface area contributed by atoms with Gasteiger partial charge in [-0.1, -0.05) is 12.8 Å². The van der Waals surface area contributed by atoms with Gasteiger partial charge in [0.2, 0.25) is 5.95 Å². The first kappa shape index (κ1) is 15.3. The van der Waals surface area contributed by atoms with Crippen LogP contribution in [-0.2, 0) is 0 Å². The van der Waals surface area contributed by atoms with Gasteiger partial charge in [-0.3, -0.25) is 5.84 Å². The summed E-state index contributed by atoms with van der Waals surface area (Å²) in [5.41, 5.74) is 3.38. The molecule has 7 nitrogen and oxygen atoms in total. The number of nitrogens with zero attached hydrogens (tertiary/aromatic N) is 2. The Morgan fingerprint density at radius 1 is 1.00 bits per heavy atom. The predicted molar refractivity (Wildman–Crippen MR) is 87.6 cm³/mol. The van der Waals surface area contributed by atoms with Gasteiger partial charge in [-0.05, 0) is 38.5 Å². The number of aliphatic hydroxyl groups is 1. The Bertz CT molecular complexity index is 483. The molecule has 1 heterocycles. The zero-order valence-corrected chi connectivity index (χ0v) is 12.9. The van der Waals surface area contributed by atoms with Gasteiger partial charge in [0.1, 0.15) is 5.69 Å². The Labute approximate surface area is 131 Å². The summed E-state index contributed by atoms with van der Waals surface area (Å²) in [6, 6.07) is 0.805. The molecule has 0 bridgehead atoms. The highest BCUT2D eigenvalue weighted by molar-refractivity contribution is 5.64. The van der Waals surface area contributed by atoms with Crippen LogP contribution in [0.5, 0.6) is 0 Å². The van der Waals surface area contributed by atoms with E-state index in [0.29, 0.717) is 18.0 Å². The highest BCUT2D eigenvalue weighted by Gasteiger charge is 2.21. The fraction of sp³-hybridized carbons (Fsp3) is 0.733. The summed E-state index contributed by atoms with van der Waals surface area (Å²) in [6.07, 6.45) is 10.0. The number of nitrogens with one attached hydrogen (secondary N) is 3. The molecule has 7 heteroatoms. The molecule has 0 atom stereocenters. The third-order valence-corrected chi connectivity index (χ3v) is 4.67. The van der Waals surface area contributed by atoms with Gasteiger partial charge in [0.25, 0.3) is 0 Å². The van der Waals surface area contributed by atoms with E-state index in [-0.39, 0.29) is 6.10 Å². The van der Waals surface area contributed by atoms with Crippen LogP contribution in [0.3, 0.4) is 0 Å². The van der Waals surface area contributed by atoms with Crippen LogP contribution in [-0.4, -0.2) is 33.3 Å². The minimum Gasteiger partial charge on any atom is -0.393 e. The van der Waals surface area contributed by atoms with E-state index < -0.39 is 0 Å². The van der Waals surface area contributed by atoms with E-state index in [1.54, 1.807) is 6.20 Å². The molecule has 2 aliphatic rings. The van der Waals surface area contributed by atoms with Crippen molar-refractivity contribution in [2.24, 2.45) is 5.84 Å². The van der Waals surface area contributed by atoms with Crippen molar-refractivity contribution in [2.75, 3.05) is 16.1 Å². The van der Waals surface area contributed by atoms with Gasteiger partial charge >= 0.3 is 0 Å². The molecule has 22 heavy (non-hydrogen) atoms. The second-order valence-electron chi connectivity index (χ2n) is 6.38. The second-order valence-corrected chi connectivity index (χ2v) is 6.38. The zero-order chi connectivity index (χ0) is 15.4. The quantitative estimate of drug-likeness (QED) is 0.417. The van der Waals surface area contributed by atoms with Crippen molar-refractivity contribution in [1.82, 2.24) is 9.97 Å². The van der Waals surface area contributed by atoms with Gasteiger partial charge in [0.05, 0.1) is 12.3 Å². The topological polar surface area (TPSA) is 108 Å². The summed E-state index contributed by atoms with van der Waals surface area (Å²) >= 11 is 0. The zero-order valence-electron chi connectivity index (χ0n) is 12.9. The number of hydrogen-bond acceptors (Lipinski definition) is 7. The lowest BCUT2D eigenvalue weighted by Gasteiger charge is -2.26. The molecule has 0 unspecified atom stereocenters. The van der Waals surface area contributed by atoms with Crippen LogP contribution in [0.1, 0.15) is 51.4 Å². The first-order valence-electron chi connectivity index (χ1n) is 8.29. The fourth-order valence-corrected chi connectivity index (χ4v) is 3.33. The highest BCUT2D eigenvalue weighted by atomic mass is 16.3. The van der Waals surface area contributed by atoms with E-state index in [1.807, 2.05) is 0 Å². The van der Waals surface area contributed by atoms with Crippen LogP contribution in [0.4, 0.5) is 17.5 Å². The van der Waals surface area contributed by atoms with Crippen molar-refractivity contribution in [2.45, 2.75) is 69.6 Å². The summed E-state index contributed by atoms with van der Waals surface area (Å²) in [7, 11) is 0. The van der Waals surface area contributed by atoms with Crippen molar-refractivity contribution in [3.8, 4) is 0 Å². The van der Waals surface area contributed by atoms with Crippen LogP contribution in [0, 0.1) is 0 Å². The number of aliphatic hydroxyl groups excluding tert-OH is 1. The van der Waals surface area contributed by atoms with Gasteiger partial charge in [-0.25, -0.2) is 4.98 Å². The van der Waals surface area contributed by atoms with Gasteiger partial charge in [0.15, 0.2) is 5.82 Å². The van der Waals surface area contributed by atoms with E-state index in [2.05, 4.69) is 26.0 Å². The summed E-state index contributed by atoms with van der Waals surface area (Å²) in [4.78, 5) is 8.91. The lowest BCUT2D eigenvalue weighted by molar-refractivity contribution is 0.126. The number of nitrogens with two attached hydrogens (primary N) is 1. The molecule has 2 aliphatic carbocycles. The van der Waals surface area contributed by atoms with Gasteiger partial charge in [-0.2, -0.15) is 4.98 Å². The highest BCUT2D eigenvalue weighted by Crippen LogP contribution is 2.27. The molecule has 0 aliphatic heterocycles. The van der Waals surface area contributed by atoms with Crippen LogP contribution < -0.4 is 21.9 Å². The summed E-state index contributed by atoms with van der Waals surface area (Å²) < 4.78 is 0. The third kappa shape index (κ3) is 3.78. The molecule has 3 rings (SSSR count). The molecule has 0 aromatic carbocycles. The number of rotatable bonds is 5. The number of nitrogen functional groups attached to an aromatic ring is 1. The summed E-state index contributed by atoms with van der Waals surface area (Å²) in [6.45, 7) is 0. The van der Waals surface area contributed by atoms with Gasteiger partial charge in [-0.15, -0.1) is 0 Å². The van der Waals surface area contributed by atoms with Crippen LogP contribution in [0.25, 0.3) is 0 Å². The van der Waals surface area contributed by atoms with Crippen molar-refractivity contribution in [3.05, 3.63) is 6.20 Å². The maximum Gasteiger partial charge on any atom is 0.224 e. The van der Waals surface area contributed by atoms with E-state index in [0.717, 1.165) is 37.2 Å². The minimum absolute atomic E-state index is 0.151. The molecule has 0 radical (unpaired) electrons. The smallest absolute Gasteiger partial charge is 0.224 e. The molecule has 6 N–H and O–H groups in total. The molecule has 0 saturated heterocycles. The first-order chi connectivity index (χ1) is 10.7. The Kier molecular flexibility index (Phi) is 4.94. The number of anilines is 3. The number of aromatic nitrogens is 2. The van der Waals surface area contributed by atoms with E-state index in [9.17, 15) is 5.11 Å². The lowest BCUT2D eigenvalue weighted by Crippen LogP contribution is -2.29. The van der Waals surface area contributed by atoms with E-state index >= 15 is 0 Å². The van der Waals surface area contributed by atoms with Crippen LogP contribution in [0.15, 0.2) is 6.20 Å². The summed E-state index contributed by atoms with van der Waals surface area (Å²) in [5, 5.41) is 16.4. The maximum atomic E-state index is 9.57. The fourth-order valence-electron chi connectivity index (χ4n) is 3.33. The molecule has 0 amide bonds. The Balaban J connectivity index is 1.66. The molecule has 122 valence electrons. The number of hydrazine groups is 1. The molecular weight excluding hydrogens is 280 g/mol. The average Bonchev–Trinajstić information content (AvgIpc) is 3.03. The van der Waals surface area contributed by atoms with Gasteiger partial charge < -0.3 is 21.2 Å². The molecule has 2 fully saturated rings. The van der Waals surface area contributed by atoms with Crippen LogP contribution in [0.2, 0.25) is 0 Å². The van der Waals surface area contributed by atoms with Crippen molar-refractivity contribution >= 4 is 17.5 Å². The normalized spacial score (nSPS) is 25.9. The summed E-state index contributed by atoms with van der Waals surface area (Å²) in [5.74, 6) is 6.95. The maximum absolute atomic E-state index is 9.57. The standard InChI is InChI=1S/C15H26N6O/c16-21-13-9-17-15(19-11-5-7-12(22)8-6-11)20-14(13)18-10-3-1-2-4-10/h9-12,21-22H,1-8,16H2,(H2,17,18,19,20). The van der Waals surface area contributed by atoms with E-state index in [1.165, 1.54) is 25.7 Å². The number of hydrogen-bond donors (Lipinski definition) is 5. The monoisotopic (exact) mass is 306 g/mol. The molecule has 0 spiro atoms. The first-order valence-corrected chi connectivity index (χ1v) is 8.29. The largest absolute Gasteiger partial charge is 0.393 e. The Morgan fingerprint density at radius 3 is 2.36 bits per heavy atom. The SMILES string of the molecule is NNc1cnc(NC2CCC(O)CC2)nc1NC1CCCC1. The van der Waals surface area contributed by atoms with Crippen molar-refractivity contribution in [3.63, 3.8) is 0 Å². The Morgan fingerprint density at radius 2 is 1.68 bits per heavy atom. The Hall–Kier alpha value is -1.60. The average molecular weight is 306 g/mol. The van der Waals surface area contributed by atoms with Crippen molar-refractivity contribution in [1.29, 1.82) is 0 Å². The third-order valence-electron chi connectivity index (χ3n) is 4.67. The van der Waals surface area contributed by atoms with Crippen molar-refractivity contribution < 1.29 is 5.11 Å². The van der Waals surface area contributed by atoms with Crippen LogP contribution >= 0.6 is 0 Å². The molecule has 2 saturated carbocycles. The van der Waals surface area contributed by atoms with E-state index in [4.69, 9.17) is 5.84 Å². The molecular formula is C15H26N6O.